The molecule has 0 spiro atoms. The summed E-state index contributed by atoms with van der Waals surface area (Å²) in [7, 11) is -0.574. The molecule has 1 aliphatic rings. The lowest BCUT2D eigenvalue weighted by molar-refractivity contribution is 0.475. The highest BCUT2D eigenvalue weighted by molar-refractivity contribution is 7.85. The molecule has 0 aromatic heterocycles. The maximum atomic E-state index is 11.2. The monoisotopic (exact) mass is 271 g/mol. The first-order chi connectivity index (χ1) is 8.15. The Morgan fingerprint density at radius 1 is 1.41 bits per heavy atom. The molecule has 4 heteroatoms. The predicted molar refractivity (Wildman–Crippen MR) is 73.9 cm³/mol. The van der Waals surface area contributed by atoms with Gasteiger partial charge in [0.05, 0.1) is 0 Å². The van der Waals surface area contributed by atoms with Crippen molar-refractivity contribution in [2.24, 2.45) is 0 Å². The second-order valence-electron chi connectivity index (χ2n) is 4.57. The molecule has 1 N–H and O–H groups in total. The summed E-state index contributed by atoms with van der Waals surface area (Å²) in [4.78, 5) is 0. The van der Waals surface area contributed by atoms with Gasteiger partial charge in [-0.15, -0.1) is 0 Å². The van der Waals surface area contributed by atoms with Crippen LogP contribution in [0.25, 0.3) is 0 Å². The Morgan fingerprint density at radius 3 is 2.76 bits per heavy atom. The van der Waals surface area contributed by atoms with Gasteiger partial charge in [0.2, 0.25) is 0 Å². The third-order valence-corrected chi connectivity index (χ3v) is 4.89. The van der Waals surface area contributed by atoms with E-state index in [2.05, 4.69) is 18.3 Å². The van der Waals surface area contributed by atoms with Crippen LogP contribution in [-0.4, -0.2) is 21.8 Å². The van der Waals surface area contributed by atoms with Gasteiger partial charge in [-0.2, -0.15) is 0 Å². The highest BCUT2D eigenvalue weighted by atomic mass is 35.5. The van der Waals surface area contributed by atoms with E-state index in [0.29, 0.717) is 6.04 Å². The highest BCUT2D eigenvalue weighted by Crippen LogP contribution is 2.16. The van der Waals surface area contributed by atoms with Crippen LogP contribution in [0.4, 0.5) is 0 Å². The van der Waals surface area contributed by atoms with Crippen LogP contribution in [-0.2, 0) is 17.3 Å². The fourth-order valence-electron chi connectivity index (χ4n) is 2.11. The van der Waals surface area contributed by atoms with Crippen LogP contribution >= 0.6 is 11.6 Å². The van der Waals surface area contributed by atoms with Crippen molar-refractivity contribution in [3.05, 3.63) is 34.3 Å². The zero-order valence-electron chi connectivity index (χ0n) is 10.0. The molecular weight excluding hydrogens is 254 g/mol. The minimum atomic E-state index is -0.574. The minimum Gasteiger partial charge on any atom is -0.310 e. The van der Waals surface area contributed by atoms with E-state index in [1.807, 2.05) is 12.1 Å². The molecule has 2 rings (SSSR count). The lowest BCUT2D eigenvalue weighted by Crippen LogP contribution is -2.35. The molecule has 0 unspecified atom stereocenters. The summed E-state index contributed by atoms with van der Waals surface area (Å²) in [6.07, 6.45) is 2.05. The Morgan fingerprint density at radius 2 is 2.12 bits per heavy atom. The van der Waals surface area contributed by atoms with E-state index in [9.17, 15) is 4.21 Å². The normalized spacial score (nSPS) is 24.8. The molecule has 1 saturated heterocycles. The first-order valence-corrected chi connectivity index (χ1v) is 7.85. The van der Waals surface area contributed by atoms with Gasteiger partial charge in [-0.3, -0.25) is 4.21 Å². The van der Waals surface area contributed by atoms with Gasteiger partial charge < -0.3 is 5.32 Å². The molecule has 0 bridgehead atoms. The fourth-order valence-corrected chi connectivity index (χ4v) is 3.64. The van der Waals surface area contributed by atoms with Crippen LogP contribution in [0.1, 0.15) is 24.0 Å². The van der Waals surface area contributed by atoms with Gasteiger partial charge in [0.1, 0.15) is 0 Å². The summed E-state index contributed by atoms with van der Waals surface area (Å²) in [5.74, 6) is 1.69. The quantitative estimate of drug-likeness (QED) is 0.916. The average molecular weight is 272 g/mol. The molecule has 1 heterocycles. The third-order valence-electron chi connectivity index (χ3n) is 3.27. The highest BCUT2D eigenvalue weighted by Gasteiger charge is 2.17. The Hall–Kier alpha value is -0.380. The summed E-state index contributed by atoms with van der Waals surface area (Å²) in [5, 5.41) is 4.33. The lowest BCUT2D eigenvalue weighted by Gasteiger charge is -2.23. The van der Waals surface area contributed by atoms with Gasteiger partial charge in [-0.1, -0.05) is 17.7 Å². The van der Waals surface area contributed by atoms with E-state index in [0.717, 1.165) is 35.9 Å². The van der Waals surface area contributed by atoms with E-state index in [1.165, 1.54) is 11.1 Å². The van der Waals surface area contributed by atoms with Crippen molar-refractivity contribution in [3.8, 4) is 0 Å². The fraction of sp³-hybridized carbons (Fsp3) is 0.538. The number of hydrogen-bond donors (Lipinski definition) is 1. The van der Waals surface area contributed by atoms with E-state index in [-0.39, 0.29) is 0 Å². The van der Waals surface area contributed by atoms with Gasteiger partial charge in [0, 0.05) is 39.9 Å². The van der Waals surface area contributed by atoms with Gasteiger partial charge >= 0.3 is 0 Å². The molecule has 0 radical (unpaired) electrons. The van der Waals surface area contributed by atoms with E-state index in [1.54, 1.807) is 0 Å². The maximum Gasteiger partial charge on any atom is 0.0408 e. The van der Waals surface area contributed by atoms with E-state index in [4.69, 9.17) is 11.6 Å². The molecule has 1 aliphatic heterocycles. The number of nitrogens with one attached hydrogen (secondary N) is 1. The average Bonchev–Trinajstić information content (AvgIpc) is 2.30. The van der Waals surface area contributed by atoms with Gasteiger partial charge in [0.25, 0.3) is 0 Å². The second-order valence-corrected chi connectivity index (χ2v) is 6.71. The number of benzene rings is 1. The van der Waals surface area contributed by atoms with Crippen LogP contribution in [0.15, 0.2) is 18.2 Å². The van der Waals surface area contributed by atoms with Crippen LogP contribution in [0.5, 0.6) is 0 Å². The smallest absolute Gasteiger partial charge is 0.0408 e. The Balaban J connectivity index is 1.87. The molecule has 2 nitrogen and oxygen atoms in total. The molecule has 0 aliphatic carbocycles. The lowest BCUT2D eigenvalue weighted by atomic mass is 10.1. The first kappa shape index (κ1) is 13.1. The number of rotatable bonds is 3. The van der Waals surface area contributed by atoms with Crippen molar-refractivity contribution in [3.63, 3.8) is 0 Å². The molecule has 1 aromatic rings. The number of halogens is 1. The van der Waals surface area contributed by atoms with Crippen molar-refractivity contribution in [1.82, 2.24) is 5.32 Å². The molecular formula is C13H18ClNOS. The van der Waals surface area contributed by atoms with E-state index >= 15 is 0 Å². The second kappa shape index (κ2) is 5.98. The molecule has 0 amide bonds. The van der Waals surface area contributed by atoms with Crippen LogP contribution < -0.4 is 5.32 Å². The van der Waals surface area contributed by atoms with Gasteiger partial charge in [0.15, 0.2) is 0 Å². The van der Waals surface area contributed by atoms with Gasteiger partial charge in [-0.25, -0.2) is 0 Å². The summed E-state index contributed by atoms with van der Waals surface area (Å²) in [5.41, 5.74) is 2.52. The number of hydrogen-bond acceptors (Lipinski definition) is 2. The topological polar surface area (TPSA) is 29.1 Å². The molecule has 17 heavy (non-hydrogen) atoms. The summed E-state index contributed by atoms with van der Waals surface area (Å²) < 4.78 is 11.2. The van der Waals surface area contributed by atoms with Crippen LogP contribution in [0, 0.1) is 6.92 Å². The predicted octanol–water partition coefficient (Wildman–Crippen LogP) is 2.65. The van der Waals surface area contributed by atoms with Crippen LogP contribution in [0.3, 0.4) is 0 Å². The molecule has 0 atom stereocenters. The Labute approximate surface area is 110 Å². The van der Waals surface area contributed by atoms with Crippen molar-refractivity contribution in [2.45, 2.75) is 32.4 Å². The zero-order valence-corrected chi connectivity index (χ0v) is 11.6. The Kier molecular flexibility index (Phi) is 4.60. The third kappa shape index (κ3) is 3.80. The minimum absolute atomic E-state index is 0.516. The Bertz CT molecular complexity index is 412. The molecule has 1 fully saturated rings. The molecule has 1 aromatic carbocycles. The molecule has 0 saturated carbocycles. The number of aryl methyl sites for hydroxylation is 1. The van der Waals surface area contributed by atoms with Crippen molar-refractivity contribution in [2.75, 3.05) is 11.5 Å². The maximum absolute atomic E-state index is 11.2. The van der Waals surface area contributed by atoms with E-state index < -0.39 is 10.8 Å². The molecule has 94 valence electrons. The summed E-state index contributed by atoms with van der Waals surface area (Å²) in [6.45, 7) is 2.96. The van der Waals surface area contributed by atoms with Gasteiger partial charge in [-0.05, 0) is 43.0 Å². The van der Waals surface area contributed by atoms with Crippen molar-refractivity contribution < 1.29 is 4.21 Å². The summed E-state index contributed by atoms with van der Waals surface area (Å²) in [6, 6.07) is 6.52. The summed E-state index contributed by atoms with van der Waals surface area (Å²) >= 11 is 5.93. The van der Waals surface area contributed by atoms with Crippen molar-refractivity contribution >= 4 is 22.4 Å². The SMILES string of the molecule is Cc1cc(Cl)ccc1CNC1CCS(=O)CC1. The zero-order chi connectivity index (χ0) is 12.3. The van der Waals surface area contributed by atoms with Crippen LogP contribution in [0.2, 0.25) is 5.02 Å². The largest absolute Gasteiger partial charge is 0.310 e. The first-order valence-electron chi connectivity index (χ1n) is 5.98. The van der Waals surface area contributed by atoms with Crippen molar-refractivity contribution in [1.29, 1.82) is 0 Å². The standard InChI is InChI=1S/C13H18ClNOS/c1-10-8-12(14)3-2-11(10)9-15-13-4-6-17(16)7-5-13/h2-3,8,13,15H,4-7,9H2,1H3.